The van der Waals surface area contributed by atoms with Gasteiger partial charge in [0, 0.05) is 11.7 Å². The molecule has 0 saturated heterocycles. The van der Waals surface area contributed by atoms with Crippen molar-refractivity contribution in [3.05, 3.63) is 10.6 Å². The summed E-state index contributed by atoms with van der Waals surface area (Å²) >= 11 is -0.426. The Hall–Kier alpha value is -0.850. The van der Waals surface area contributed by atoms with Crippen molar-refractivity contribution in [2.75, 3.05) is 7.11 Å². The van der Waals surface area contributed by atoms with Gasteiger partial charge in [-0.2, -0.15) is 13.2 Å². The normalized spacial score (nSPS) is 18.8. The van der Waals surface area contributed by atoms with Crippen molar-refractivity contribution in [2.45, 2.75) is 50.6 Å². The summed E-state index contributed by atoms with van der Waals surface area (Å²) in [6, 6.07) is 0.141. The molecule has 0 aromatic carbocycles. The second-order valence-electron chi connectivity index (χ2n) is 4.47. The molecule has 0 unspecified atom stereocenters. The zero-order valence-electron chi connectivity index (χ0n) is 11.0. The molecule has 1 N–H and O–H groups in total. The summed E-state index contributed by atoms with van der Waals surface area (Å²) in [5.74, 6) is -0.955. The summed E-state index contributed by atoms with van der Waals surface area (Å²) in [4.78, 5) is 11.0. The molecule has 3 nitrogen and oxygen atoms in total. The van der Waals surface area contributed by atoms with E-state index in [0.29, 0.717) is 0 Å². The van der Waals surface area contributed by atoms with Gasteiger partial charge in [0.25, 0.3) is 0 Å². The number of allylic oxidation sites excluding steroid dienone is 1. The number of rotatable bonds is 4. The smallest absolute Gasteiger partial charge is 0.446 e. The average Bonchev–Trinajstić information content (AvgIpc) is 2.35. The fourth-order valence-electron chi connectivity index (χ4n) is 2.10. The zero-order chi connectivity index (χ0) is 14.5. The number of alkyl halides is 3. The maximum Gasteiger partial charge on any atom is 0.446 e. The van der Waals surface area contributed by atoms with Crippen molar-refractivity contribution in [1.82, 2.24) is 5.32 Å². The Balaban J connectivity index is 2.79. The van der Waals surface area contributed by atoms with Crippen LogP contribution in [0, 0.1) is 0 Å². The number of methoxy groups -OCH3 is 1. The van der Waals surface area contributed by atoms with Gasteiger partial charge in [-0.15, -0.1) is 0 Å². The maximum atomic E-state index is 12.4. The second kappa shape index (κ2) is 7.07. The highest BCUT2D eigenvalue weighted by molar-refractivity contribution is 8.04. The van der Waals surface area contributed by atoms with Crippen LogP contribution < -0.4 is 5.32 Å². The molecule has 1 aliphatic carbocycles. The Morgan fingerprint density at radius 2 is 1.84 bits per heavy atom. The standard InChI is InChI=1S/C12H18F3NO2S/c1-8(16-9-6-4-3-5-7-9)10(11(17)18-2)19-12(13,14)15/h9,16H,3-7H2,1-2H3/b10-8-. The lowest BCUT2D eigenvalue weighted by molar-refractivity contribution is -0.135. The van der Waals surface area contributed by atoms with Crippen molar-refractivity contribution in [3.63, 3.8) is 0 Å². The third-order valence-corrected chi connectivity index (χ3v) is 3.86. The van der Waals surface area contributed by atoms with E-state index in [-0.39, 0.29) is 11.7 Å². The first-order valence-electron chi connectivity index (χ1n) is 6.15. The molecule has 7 heteroatoms. The van der Waals surface area contributed by atoms with E-state index in [1.54, 1.807) is 0 Å². The van der Waals surface area contributed by atoms with E-state index in [0.717, 1.165) is 39.2 Å². The van der Waals surface area contributed by atoms with Crippen molar-refractivity contribution in [1.29, 1.82) is 0 Å². The van der Waals surface area contributed by atoms with E-state index in [1.165, 1.54) is 6.92 Å². The third kappa shape index (κ3) is 5.76. The Morgan fingerprint density at radius 1 is 1.26 bits per heavy atom. The molecular formula is C12H18F3NO2S. The van der Waals surface area contributed by atoms with Gasteiger partial charge < -0.3 is 10.1 Å². The lowest BCUT2D eigenvalue weighted by Crippen LogP contribution is -2.31. The number of nitrogens with one attached hydrogen (secondary N) is 1. The van der Waals surface area contributed by atoms with Gasteiger partial charge in [-0.05, 0) is 31.5 Å². The molecule has 19 heavy (non-hydrogen) atoms. The minimum absolute atomic E-state index is 0.141. The van der Waals surface area contributed by atoms with E-state index >= 15 is 0 Å². The summed E-state index contributed by atoms with van der Waals surface area (Å²) in [6.45, 7) is 1.49. The summed E-state index contributed by atoms with van der Waals surface area (Å²) in [5, 5.41) is 3.01. The predicted molar refractivity (Wildman–Crippen MR) is 68.4 cm³/mol. The summed E-state index contributed by atoms with van der Waals surface area (Å²) in [5.41, 5.74) is -4.26. The average molecular weight is 297 g/mol. The number of hydrogen-bond acceptors (Lipinski definition) is 4. The van der Waals surface area contributed by atoms with Gasteiger partial charge in [0.2, 0.25) is 0 Å². The fourth-order valence-corrected chi connectivity index (χ4v) is 2.71. The van der Waals surface area contributed by atoms with Crippen molar-refractivity contribution < 1.29 is 22.7 Å². The summed E-state index contributed by atoms with van der Waals surface area (Å²) in [7, 11) is 1.08. The molecule has 0 aromatic heterocycles. The highest BCUT2D eigenvalue weighted by atomic mass is 32.2. The number of carbonyl (C=O) groups excluding carboxylic acids is 1. The van der Waals surface area contributed by atoms with Crippen LogP contribution in [-0.4, -0.2) is 24.6 Å². The maximum absolute atomic E-state index is 12.4. The van der Waals surface area contributed by atoms with Crippen LogP contribution >= 0.6 is 11.8 Å². The second-order valence-corrected chi connectivity index (χ2v) is 5.55. The number of halogens is 3. The van der Waals surface area contributed by atoms with Crippen LogP contribution in [0.5, 0.6) is 0 Å². The van der Waals surface area contributed by atoms with Gasteiger partial charge in [0.1, 0.15) is 4.91 Å². The molecule has 1 fully saturated rings. The van der Waals surface area contributed by atoms with Crippen molar-refractivity contribution >= 4 is 17.7 Å². The van der Waals surface area contributed by atoms with Crippen LogP contribution in [0.2, 0.25) is 0 Å². The molecule has 1 rings (SSSR count). The monoisotopic (exact) mass is 297 g/mol. The largest absolute Gasteiger partial charge is 0.465 e. The van der Waals surface area contributed by atoms with Crippen LogP contribution in [0.1, 0.15) is 39.0 Å². The highest BCUT2D eigenvalue weighted by Gasteiger charge is 2.35. The Labute approximate surface area is 115 Å². The highest BCUT2D eigenvalue weighted by Crippen LogP contribution is 2.38. The lowest BCUT2D eigenvalue weighted by atomic mass is 9.95. The van der Waals surface area contributed by atoms with Gasteiger partial charge in [0.05, 0.1) is 7.11 Å². The summed E-state index contributed by atoms with van der Waals surface area (Å²) < 4.78 is 41.7. The first-order chi connectivity index (χ1) is 8.83. The topological polar surface area (TPSA) is 38.3 Å². The van der Waals surface area contributed by atoms with Gasteiger partial charge in [-0.1, -0.05) is 19.3 Å². The zero-order valence-corrected chi connectivity index (χ0v) is 11.8. The molecule has 0 bridgehead atoms. The molecular weight excluding hydrogens is 279 g/mol. The molecule has 0 aliphatic heterocycles. The van der Waals surface area contributed by atoms with Crippen LogP contribution in [0.15, 0.2) is 10.6 Å². The van der Waals surface area contributed by atoms with E-state index in [4.69, 9.17) is 0 Å². The van der Waals surface area contributed by atoms with Gasteiger partial charge in [-0.3, -0.25) is 0 Å². The van der Waals surface area contributed by atoms with E-state index in [2.05, 4.69) is 10.1 Å². The van der Waals surface area contributed by atoms with Crippen molar-refractivity contribution in [3.8, 4) is 0 Å². The predicted octanol–water partition coefficient (Wildman–Crippen LogP) is 3.57. The fraction of sp³-hybridized carbons (Fsp3) is 0.750. The Morgan fingerprint density at radius 3 is 2.32 bits per heavy atom. The Bertz CT molecular complexity index is 349. The van der Waals surface area contributed by atoms with E-state index < -0.39 is 28.1 Å². The molecule has 1 aliphatic rings. The van der Waals surface area contributed by atoms with Crippen LogP contribution in [-0.2, 0) is 9.53 Å². The molecule has 1 saturated carbocycles. The SMILES string of the molecule is COC(=O)/C(SC(F)(F)F)=C(\C)NC1CCCCC1. The summed E-state index contributed by atoms with van der Waals surface area (Å²) in [6.07, 6.45) is 5.11. The molecule has 0 atom stereocenters. The molecule has 0 heterocycles. The molecule has 0 aromatic rings. The van der Waals surface area contributed by atoms with Gasteiger partial charge >= 0.3 is 11.5 Å². The van der Waals surface area contributed by atoms with Crippen molar-refractivity contribution in [2.24, 2.45) is 0 Å². The van der Waals surface area contributed by atoms with Crippen LogP contribution in [0.4, 0.5) is 13.2 Å². The van der Waals surface area contributed by atoms with Gasteiger partial charge in [-0.25, -0.2) is 4.79 Å². The minimum Gasteiger partial charge on any atom is -0.465 e. The van der Waals surface area contributed by atoms with E-state index in [1.807, 2.05) is 0 Å². The number of carbonyl (C=O) groups is 1. The first-order valence-corrected chi connectivity index (χ1v) is 6.96. The Kier molecular flexibility index (Phi) is 6.03. The van der Waals surface area contributed by atoms with E-state index in [9.17, 15) is 18.0 Å². The quantitative estimate of drug-likeness (QED) is 0.636. The number of hydrogen-bond donors (Lipinski definition) is 1. The number of thioether (sulfide) groups is 1. The molecule has 0 amide bonds. The molecule has 0 spiro atoms. The van der Waals surface area contributed by atoms with Gasteiger partial charge in [0.15, 0.2) is 0 Å². The van der Waals surface area contributed by atoms with Crippen LogP contribution in [0.3, 0.4) is 0 Å². The van der Waals surface area contributed by atoms with Crippen LogP contribution in [0.25, 0.3) is 0 Å². The number of ether oxygens (including phenoxy) is 1. The molecule has 110 valence electrons. The molecule has 0 radical (unpaired) electrons. The number of esters is 1. The third-order valence-electron chi connectivity index (χ3n) is 2.95. The first kappa shape index (κ1) is 16.2. The lowest BCUT2D eigenvalue weighted by Gasteiger charge is -2.25. The minimum atomic E-state index is -4.50.